The fraction of sp³-hybridized carbons (Fsp3) is 1.00. The molecule has 4 atom stereocenters. The lowest BCUT2D eigenvalue weighted by Crippen LogP contribution is -2.50. The van der Waals surface area contributed by atoms with Crippen molar-refractivity contribution in [2.75, 3.05) is 13.2 Å². The summed E-state index contributed by atoms with van der Waals surface area (Å²) in [7, 11) is 0. The molecule has 0 radical (unpaired) electrons. The summed E-state index contributed by atoms with van der Waals surface area (Å²) < 4.78 is 10.3. The number of hydrogen-bond acceptors (Lipinski definition) is 5. The van der Waals surface area contributed by atoms with Gasteiger partial charge in [0.15, 0.2) is 6.29 Å². The first-order chi connectivity index (χ1) is 6.19. The van der Waals surface area contributed by atoms with Gasteiger partial charge in [-0.3, -0.25) is 0 Å². The molecule has 1 saturated heterocycles. The van der Waals surface area contributed by atoms with Crippen LogP contribution in [0.5, 0.6) is 0 Å². The van der Waals surface area contributed by atoms with Crippen LogP contribution in [0.1, 0.15) is 13.3 Å². The van der Waals surface area contributed by atoms with Crippen molar-refractivity contribution in [3.63, 3.8) is 0 Å². The van der Waals surface area contributed by atoms with Crippen molar-refractivity contribution in [2.24, 2.45) is 0 Å². The van der Waals surface area contributed by atoms with E-state index in [4.69, 9.17) is 14.6 Å². The van der Waals surface area contributed by atoms with Gasteiger partial charge < -0.3 is 24.8 Å². The van der Waals surface area contributed by atoms with Gasteiger partial charge in [-0.2, -0.15) is 0 Å². The molecule has 13 heavy (non-hydrogen) atoms. The van der Waals surface area contributed by atoms with Crippen molar-refractivity contribution in [2.45, 2.75) is 37.9 Å². The van der Waals surface area contributed by atoms with E-state index in [-0.39, 0.29) is 13.0 Å². The van der Waals surface area contributed by atoms with E-state index in [0.29, 0.717) is 6.61 Å². The van der Waals surface area contributed by atoms with Gasteiger partial charge in [-0.05, 0) is 6.92 Å². The Bertz CT molecular complexity index is 151. The second kappa shape index (κ2) is 4.88. The zero-order valence-corrected chi connectivity index (χ0v) is 7.59. The van der Waals surface area contributed by atoms with Gasteiger partial charge in [0.2, 0.25) is 0 Å². The highest BCUT2D eigenvalue weighted by Gasteiger charge is 2.36. The van der Waals surface area contributed by atoms with E-state index in [9.17, 15) is 10.2 Å². The summed E-state index contributed by atoms with van der Waals surface area (Å²) in [6, 6.07) is 0. The molecule has 1 aliphatic heterocycles. The molecule has 0 saturated carbocycles. The van der Waals surface area contributed by atoms with E-state index >= 15 is 0 Å². The Kier molecular flexibility index (Phi) is 4.08. The number of rotatable bonds is 3. The molecule has 78 valence electrons. The molecular weight excluding hydrogens is 176 g/mol. The molecule has 0 bridgehead atoms. The summed E-state index contributed by atoms with van der Waals surface area (Å²) in [4.78, 5) is 0. The Morgan fingerprint density at radius 2 is 2.15 bits per heavy atom. The molecule has 1 fully saturated rings. The second-order valence-electron chi connectivity index (χ2n) is 3.04. The minimum Gasteiger partial charge on any atom is -0.394 e. The highest BCUT2D eigenvalue weighted by atomic mass is 16.7. The Hall–Kier alpha value is -0.200. The van der Waals surface area contributed by atoms with Gasteiger partial charge in [0.25, 0.3) is 0 Å². The van der Waals surface area contributed by atoms with E-state index < -0.39 is 24.6 Å². The molecule has 0 aromatic heterocycles. The van der Waals surface area contributed by atoms with E-state index in [1.807, 2.05) is 6.92 Å². The molecule has 1 aliphatic rings. The lowest BCUT2D eigenvalue weighted by molar-refractivity contribution is -0.255. The maximum absolute atomic E-state index is 9.36. The molecule has 0 spiro atoms. The van der Waals surface area contributed by atoms with E-state index in [2.05, 4.69) is 0 Å². The summed E-state index contributed by atoms with van der Waals surface area (Å²) >= 11 is 0. The maximum Gasteiger partial charge on any atom is 0.160 e. The van der Waals surface area contributed by atoms with E-state index in [1.165, 1.54) is 0 Å². The average molecular weight is 192 g/mol. The van der Waals surface area contributed by atoms with Crippen LogP contribution in [0.2, 0.25) is 0 Å². The maximum atomic E-state index is 9.36. The largest absolute Gasteiger partial charge is 0.394 e. The van der Waals surface area contributed by atoms with E-state index in [0.717, 1.165) is 0 Å². The second-order valence-corrected chi connectivity index (χ2v) is 3.04. The number of hydrogen-bond donors (Lipinski definition) is 3. The van der Waals surface area contributed by atoms with Crippen LogP contribution in [0.15, 0.2) is 0 Å². The fourth-order valence-corrected chi connectivity index (χ4v) is 1.36. The van der Waals surface area contributed by atoms with Crippen LogP contribution < -0.4 is 0 Å². The molecule has 0 aliphatic carbocycles. The van der Waals surface area contributed by atoms with Crippen LogP contribution >= 0.6 is 0 Å². The third-order valence-electron chi connectivity index (χ3n) is 2.07. The quantitative estimate of drug-likeness (QED) is 0.526. The minimum absolute atomic E-state index is 0.242. The lowest BCUT2D eigenvalue weighted by atomic mass is 10.0. The van der Waals surface area contributed by atoms with Crippen molar-refractivity contribution in [3.8, 4) is 0 Å². The highest BCUT2D eigenvalue weighted by Crippen LogP contribution is 2.20. The van der Waals surface area contributed by atoms with E-state index in [1.54, 1.807) is 0 Å². The Labute approximate surface area is 76.9 Å². The van der Waals surface area contributed by atoms with Crippen LogP contribution in [0.25, 0.3) is 0 Å². The van der Waals surface area contributed by atoms with Crippen LogP contribution in [-0.2, 0) is 9.47 Å². The van der Waals surface area contributed by atoms with Gasteiger partial charge >= 0.3 is 0 Å². The molecule has 0 aromatic carbocycles. The molecule has 1 heterocycles. The summed E-state index contributed by atoms with van der Waals surface area (Å²) in [5, 5.41) is 27.5. The summed E-state index contributed by atoms with van der Waals surface area (Å²) in [6.07, 6.45) is -2.95. The Morgan fingerprint density at radius 1 is 1.46 bits per heavy atom. The normalized spacial score (nSPS) is 40.6. The first-order valence-electron chi connectivity index (χ1n) is 4.43. The topological polar surface area (TPSA) is 79.2 Å². The number of aliphatic hydroxyl groups is 3. The van der Waals surface area contributed by atoms with Gasteiger partial charge in [-0.15, -0.1) is 0 Å². The van der Waals surface area contributed by atoms with Gasteiger partial charge in [-0.25, -0.2) is 0 Å². The van der Waals surface area contributed by atoms with Crippen LogP contribution in [0.4, 0.5) is 0 Å². The third kappa shape index (κ3) is 2.62. The fourth-order valence-electron chi connectivity index (χ4n) is 1.36. The smallest absolute Gasteiger partial charge is 0.160 e. The minimum atomic E-state index is -1.03. The third-order valence-corrected chi connectivity index (χ3v) is 2.07. The monoisotopic (exact) mass is 192 g/mol. The summed E-state index contributed by atoms with van der Waals surface area (Å²) in [6.45, 7) is 1.97. The number of ether oxygens (including phenoxy) is 2. The molecule has 5 heteroatoms. The molecule has 0 amide bonds. The zero-order chi connectivity index (χ0) is 9.84. The van der Waals surface area contributed by atoms with Crippen molar-refractivity contribution in [1.82, 2.24) is 0 Å². The molecule has 2 unspecified atom stereocenters. The first-order valence-corrected chi connectivity index (χ1v) is 4.43. The van der Waals surface area contributed by atoms with Crippen molar-refractivity contribution in [1.29, 1.82) is 0 Å². The van der Waals surface area contributed by atoms with Gasteiger partial charge in [0, 0.05) is 13.0 Å². The van der Waals surface area contributed by atoms with Crippen LogP contribution in [-0.4, -0.2) is 53.1 Å². The molecule has 1 rings (SSSR count). The summed E-state index contributed by atoms with van der Waals surface area (Å²) in [5.74, 6) is 0. The average Bonchev–Trinajstić information content (AvgIpc) is 2.11. The van der Waals surface area contributed by atoms with Crippen molar-refractivity contribution in [3.05, 3.63) is 0 Å². The van der Waals surface area contributed by atoms with Gasteiger partial charge in [0.05, 0.1) is 12.7 Å². The predicted molar refractivity (Wildman–Crippen MR) is 44.0 cm³/mol. The van der Waals surface area contributed by atoms with Gasteiger partial charge in [0.1, 0.15) is 12.2 Å². The molecule has 5 nitrogen and oxygen atoms in total. The zero-order valence-electron chi connectivity index (χ0n) is 7.59. The lowest BCUT2D eigenvalue weighted by Gasteiger charge is -2.35. The SMILES string of the molecule is CCO[C@@H]1CC(O)[C@H](O)C(CO)O1. The summed E-state index contributed by atoms with van der Waals surface area (Å²) in [5.41, 5.74) is 0. The Morgan fingerprint density at radius 3 is 2.69 bits per heavy atom. The molecule has 3 N–H and O–H groups in total. The highest BCUT2D eigenvalue weighted by molar-refractivity contribution is 4.82. The van der Waals surface area contributed by atoms with Crippen LogP contribution in [0, 0.1) is 0 Å². The molecular formula is C8H16O5. The van der Waals surface area contributed by atoms with Crippen LogP contribution in [0.3, 0.4) is 0 Å². The number of aliphatic hydroxyl groups excluding tert-OH is 3. The Balaban J connectivity index is 2.47. The van der Waals surface area contributed by atoms with Crippen molar-refractivity contribution < 1.29 is 24.8 Å². The van der Waals surface area contributed by atoms with Gasteiger partial charge in [-0.1, -0.05) is 0 Å². The standard InChI is InChI=1S/C8H16O5/c1-2-12-7-3-5(10)8(11)6(4-9)13-7/h5-11H,2-4H2,1H3/t5?,6?,7-,8-/m0/s1. The molecule has 0 aromatic rings. The predicted octanol–water partition coefficient (Wildman–Crippen LogP) is -1.15. The first kappa shape index (κ1) is 10.9. The van der Waals surface area contributed by atoms with Crippen molar-refractivity contribution >= 4 is 0 Å².